The Labute approximate surface area is 105 Å². The molecule has 1 unspecified atom stereocenters. The number of hydrogen-bond acceptors (Lipinski definition) is 3. The van der Waals surface area contributed by atoms with Crippen LogP contribution >= 0.6 is 23.2 Å². The minimum Gasteiger partial charge on any atom is -0.329 e. The fourth-order valence-corrected chi connectivity index (χ4v) is 2.43. The molecule has 0 heterocycles. The molecular formula is C9H12Cl2N2O2S. The summed E-state index contributed by atoms with van der Waals surface area (Å²) < 4.78 is 25.7. The third kappa shape index (κ3) is 3.52. The van der Waals surface area contributed by atoms with Crippen molar-refractivity contribution in [2.24, 2.45) is 5.73 Å². The zero-order valence-corrected chi connectivity index (χ0v) is 10.9. The first-order valence-corrected chi connectivity index (χ1v) is 6.83. The molecule has 0 bridgehead atoms. The van der Waals surface area contributed by atoms with Gasteiger partial charge in [0.1, 0.15) is 0 Å². The van der Waals surface area contributed by atoms with Crippen molar-refractivity contribution in [3.8, 4) is 0 Å². The second-order valence-corrected chi connectivity index (χ2v) is 6.32. The van der Waals surface area contributed by atoms with Crippen molar-refractivity contribution in [1.82, 2.24) is 0 Å². The summed E-state index contributed by atoms with van der Waals surface area (Å²) in [6, 6.07) is 4.48. The number of sulfonamides is 1. The Morgan fingerprint density at radius 3 is 2.25 bits per heavy atom. The monoisotopic (exact) mass is 282 g/mol. The number of nitrogens with one attached hydrogen (secondary N) is 1. The highest BCUT2D eigenvalue weighted by Gasteiger charge is 2.19. The molecule has 4 nitrogen and oxygen atoms in total. The first kappa shape index (κ1) is 13.6. The number of nitrogens with two attached hydrogens (primary N) is 1. The van der Waals surface area contributed by atoms with Gasteiger partial charge in [0.05, 0.1) is 10.9 Å². The standard InChI is InChI=1S/C9H12Cl2N2O2S/c1-6(5-12)16(14,15)13-9-3-7(10)2-8(11)4-9/h2-4,6,13H,5,12H2,1H3. The van der Waals surface area contributed by atoms with E-state index in [1.165, 1.54) is 25.1 Å². The van der Waals surface area contributed by atoms with Gasteiger partial charge in [-0.15, -0.1) is 0 Å². The van der Waals surface area contributed by atoms with Crippen LogP contribution in [0.2, 0.25) is 10.0 Å². The van der Waals surface area contributed by atoms with Crippen LogP contribution in [0, 0.1) is 0 Å². The molecule has 1 atom stereocenters. The average Bonchev–Trinajstić information content (AvgIpc) is 2.13. The predicted molar refractivity (Wildman–Crippen MR) is 67.5 cm³/mol. The summed E-state index contributed by atoms with van der Waals surface area (Å²) in [5, 5.41) is 0.0569. The highest BCUT2D eigenvalue weighted by Crippen LogP contribution is 2.23. The molecule has 0 aromatic heterocycles. The Morgan fingerprint density at radius 1 is 1.31 bits per heavy atom. The molecule has 0 saturated heterocycles. The van der Waals surface area contributed by atoms with E-state index >= 15 is 0 Å². The fraction of sp³-hybridized carbons (Fsp3) is 0.333. The molecule has 0 amide bonds. The topological polar surface area (TPSA) is 72.2 Å². The van der Waals surface area contributed by atoms with E-state index in [9.17, 15) is 8.42 Å². The smallest absolute Gasteiger partial charge is 0.236 e. The lowest BCUT2D eigenvalue weighted by Crippen LogP contribution is -2.31. The zero-order valence-electron chi connectivity index (χ0n) is 8.57. The number of benzene rings is 1. The van der Waals surface area contributed by atoms with Gasteiger partial charge in [0.2, 0.25) is 10.0 Å². The largest absolute Gasteiger partial charge is 0.329 e. The van der Waals surface area contributed by atoms with Crippen molar-refractivity contribution in [3.05, 3.63) is 28.2 Å². The minimum absolute atomic E-state index is 0.0453. The lowest BCUT2D eigenvalue weighted by molar-refractivity contribution is 0.589. The average molecular weight is 283 g/mol. The van der Waals surface area contributed by atoms with Gasteiger partial charge >= 0.3 is 0 Å². The number of anilines is 1. The molecule has 16 heavy (non-hydrogen) atoms. The summed E-state index contributed by atoms with van der Waals surface area (Å²) in [6.45, 7) is 1.57. The summed E-state index contributed by atoms with van der Waals surface area (Å²) in [5.74, 6) is 0. The van der Waals surface area contributed by atoms with Crippen molar-refractivity contribution in [2.75, 3.05) is 11.3 Å². The Morgan fingerprint density at radius 2 is 1.81 bits per heavy atom. The Kier molecular flexibility index (Phi) is 4.43. The maximum Gasteiger partial charge on any atom is 0.236 e. The van der Waals surface area contributed by atoms with E-state index in [2.05, 4.69) is 4.72 Å². The lowest BCUT2D eigenvalue weighted by Gasteiger charge is -2.13. The highest BCUT2D eigenvalue weighted by atomic mass is 35.5. The van der Waals surface area contributed by atoms with Crippen LogP contribution < -0.4 is 10.5 Å². The van der Waals surface area contributed by atoms with E-state index in [-0.39, 0.29) is 6.54 Å². The van der Waals surface area contributed by atoms with Gasteiger partial charge < -0.3 is 5.73 Å². The molecule has 0 radical (unpaired) electrons. The molecule has 1 aromatic carbocycles. The maximum atomic E-state index is 11.7. The van der Waals surface area contributed by atoms with Gasteiger partial charge in [0.25, 0.3) is 0 Å². The Balaban J connectivity index is 2.97. The third-order valence-corrected chi connectivity index (χ3v) is 4.19. The Bertz CT molecular complexity index is 456. The van der Waals surface area contributed by atoms with Crippen LogP contribution in [0.15, 0.2) is 18.2 Å². The van der Waals surface area contributed by atoms with E-state index in [1.54, 1.807) is 0 Å². The van der Waals surface area contributed by atoms with Crippen molar-refractivity contribution in [2.45, 2.75) is 12.2 Å². The predicted octanol–water partition coefficient (Wildman–Crippen LogP) is 2.08. The van der Waals surface area contributed by atoms with Crippen LogP contribution in [-0.2, 0) is 10.0 Å². The molecule has 0 saturated carbocycles. The van der Waals surface area contributed by atoms with Crippen molar-refractivity contribution in [3.63, 3.8) is 0 Å². The van der Waals surface area contributed by atoms with Crippen LogP contribution in [0.5, 0.6) is 0 Å². The van der Waals surface area contributed by atoms with E-state index in [1.807, 2.05) is 0 Å². The van der Waals surface area contributed by atoms with Crippen molar-refractivity contribution in [1.29, 1.82) is 0 Å². The normalized spacial score (nSPS) is 13.5. The van der Waals surface area contributed by atoms with Gasteiger partial charge in [-0.25, -0.2) is 8.42 Å². The zero-order chi connectivity index (χ0) is 12.3. The summed E-state index contributed by atoms with van der Waals surface area (Å²) in [7, 11) is -3.49. The molecule has 0 fully saturated rings. The molecular weight excluding hydrogens is 271 g/mol. The Hall–Kier alpha value is -0.490. The first-order chi connectivity index (χ1) is 7.35. The van der Waals surface area contributed by atoms with E-state index in [0.29, 0.717) is 15.7 Å². The maximum absolute atomic E-state index is 11.7. The second-order valence-electron chi connectivity index (χ2n) is 3.35. The first-order valence-electron chi connectivity index (χ1n) is 4.53. The third-order valence-electron chi connectivity index (χ3n) is 1.98. The summed E-state index contributed by atoms with van der Waals surface area (Å²) in [6.07, 6.45) is 0. The van der Waals surface area contributed by atoms with Crippen molar-refractivity contribution >= 4 is 38.9 Å². The molecule has 1 aromatic rings. The molecule has 0 aliphatic rings. The quantitative estimate of drug-likeness (QED) is 0.888. The van der Waals surface area contributed by atoms with Gasteiger partial charge in [-0.05, 0) is 25.1 Å². The van der Waals surface area contributed by atoms with Crippen molar-refractivity contribution < 1.29 is 8.42 Å². The van der Waals surface area contributed by atoms with Gasteiger partial charge in [-0.2, -0.15) is 0 Å². The summed E-state index contributed by atoms with van der Waals surface area (Å²) in [5.41, 5.74) is 5.63. The van der Waals surface area contributed by atoms with Gasteiger partial charge in [-0.1, -0.05) is 23.2 Å². The molecule has 1 rings (SSSR count). The van der Waals surface area contributed by atoms with Crippen LogP contribution in [0.4, 0.5) is 5.69 Å². The molecule has 3 N–H and O–H groups in total. The molecule has 7 heteroatoms. The summed E-state index contributed by atoms with van der Waals surface area (Å²) >= 11 is 11.5. The molecule has 90 valence electrons. The van der Waals surface area contributed by atoms with Crippen LogP contribution in [0.1, 0.15) is 6.92 Å². The lowest BCUT2D eigenvalue weighted by atomic mass is 10.3. The van der Waals surface area contributed by atoms with Crippen LogP contribution in [-0.4, -0.2) is 20.2 Å². The number of hydrogen-bond donors (Lipinski definition) is 2. The summed E-state index contributed by atoms with van der Waals surface area (Å²) in [4.78, 5) is 0. The van der Waals surface area contributed by atoms with E-state index in [4.69, 9.17) is 28.9 Å². The number of rotatable bonds is 4. The molecule has 0 aliphatic carbocycles. The minimum atomic E-state index is -3.49. The number of halogens is 2. The van der Waals surface area contributed by atoms with Gasteiger partial charge in [0.15, 0.2) is 0 Å². The fourth-order valence-electron chi connectivity index (χ4n) is 1.00. The molecule has 0 spiro atoms. The van der Waals surface area contributed by atoms with E-state index < -0.39 is 15.3 Å². The SMILES string of the molecule is CC(CN)S(=O)(=O)Nc1cc(Cl)cc(Cl)c1. The van der Waals surface area contributed by atoms with Crippen LogP contribution in [0.3, 0.4) is 0 Å². The van der Waals surface area contributed by atoms with E-state index in [0.717, 1.165) is 0 Å². The van der Waals surface area contributed by atoms with Crippen LogP contribution in [0.25, 0.3) is 0 Å². The van der Waals surface area contributed by atoms with Gasteiger partial charge in [0, 0.05) is 16.6 Å². The van der Waals surface area contributed by atoms with Gasteiger partial charge in [-0.3, -0.25) is 4.72 Å². The molecule has 0 aliphatic heterocycles. The highest BCUT2D eigenvalue weighted by molar-refractivity contribution is 7.93. The second kappa shape index (κ2) is 5.23.